The van der Waals surface area contributed by atoms with Crippen LogP contribution in [0.25, 0.3) is 22.0 Å². The van der Waals surface area contributed by atoms with Crippen molar-refractivity contribution >= 4 is 22.6 Å². The number of fused-ring (bicyclic) bond motifs is 1. The normalized spacial score (nSPS) is 10.8. The molecule has 1 heterocycles. The summed E-state index contributed by atoms with van der Waals surface area (Å²) in [6.45, 7) is 0. The molecular weight excluding hydrogens is 269 g/mol. The lowest BCUT2D eigenvalue weighted by Crippen LogP contribution is -2.19. The Labute approximate surface area is 121 Å². The number of nitrogens with zero attached hydrogens (tertiary/aromatic N) is 1. The van der Waals surface area contributed by atoms with E-state index in [2.05, 4.69) is 5.32 Å². The van der Waals surface area contributed by atoms with Crippen molar-refractivity contribution in [1.29, 1.82) is 0 Å². The number of aryl methyl sites for hydroxylation is 1. The molecule has 2 amide bonds. The Balaban J connectivity index is 2.06. The number of benzene rings is 2. The first-order valence-electron chi connectivity index (χ1n) is 6.46. The molecule has 0 aliphatic rings. The van der Waals surface area contributed by atoms with E-state index in [9.17, 15) is 9.18 Å². The van der Waals surface area contributed by atoms with Crippen LogP contribution in [0.15, 0.2) is 48.7 Å². The van der Waals surface area contributed by atoms with Crippen molar-refractivity contribution in [2.45, 2.75) is 0 Å². The largest absolute Gasteiger partial charge is 0.351 e. The van der Waals surface area contributed by atoms with Gasteiger partial charge in [0.2, 0.25) is 0 Å². The first-order chi connectivity index (χ1) is 10.0. The molecule has 0 aliphatic heterocycles. The van der Waals surface area contributed by atoms with E-state index < -0.39 is 6.03 Å². The van der Waals surface area contributed by atoms with E-state index >= 15 is 0 Å². The van der Waals surface area contributed by atoms with Crippen molar-refractivity contribution in [3.8, 4) is 11.1 Å². The second-order valence-electron chi connectivity index (χ2n) is 4.88. The van der Waals surface area contributed by atoms with Gasteiger partial charge < -0.3 is 15.6 Å². The molecule has 21 heavy (non-hydrogen) atoms. The Bertz CT molecular complexity index is 821. The standard InChI is InChI=1S/C16H14FN3O/c1-20-9-14(13-7-4-11(17)8-15(13)20)10-2-5-12(6-3-10)19-16(18)21/h2-9H,1H3,(H3,18,19,21). The number of rotatable bonds is 2. The molecule has 3 N–H and O–H groups in total. The van der Waals surface area contributed by atoms with E-state index in [-0.39, 0.29) is 5.82 Å². The number of anilines is 1. The topological polar surface area (TPSA) is 60.1 Å². The SMILES string of the molecule is Cn1cc(-c2ccc(NC(N)=O)cc2)c2ccc(F)cc21. The fourth-order valence-electron chi connectivity index (χ4n) is 2.46. The van der Waals surface area contributed by atoms with Crippen molar-refractivity contribution < 1.29 is 9.18 Å². The van der Waals surface area contributed by atoms with E-state index in [4.69, 9.17) is 5.73 Å². The summed E-state index contributed by atoms with van der Waals surface area (Å²) in [6.07, 6.45) is 1.96. The minimum atomic E-state index is -0.594. The highest BCUT2D eigenvalue weighted by molar-refractivity contribution is 5.96. The summed E-state index contributed by atoms with van der Waals surface area (Å²) in [5.41, 5.74) is 8.55. The number of carbonyl (C=O) groups excluding carboxylic acids is 1. The molecule has 0 spiro atoms. The van der Waals surface area contributed by atoms with E-state index in [0.29, 0.717) is 5.69 Å². The third-order valence-electron chi connectivity index (χ3n) is 3.42. The summed E-state index contributed by atoms with van der Waals surface area (Å²) < 4.78 is 15.2. The number of hydrogen-bond donors (Lipinski definition) is 2. The Morgan fingerprint density at radius 1 is 1.19 bits per heavy atom. The lowest BCUT2D eigenvalue weighted by molar-refractivity contribution is 0.259. The molecule has 1 aromatic heterocycles. The number of hydrogen-bond acceptors (Lipinski definition) is 1. The van der Waals surface area contributed by atoms with Gasteiger partial charge in [0.05, 0.1) is 5.52 Å². The van der Waals surface area contributed by atoms with Crippen molar-refractivity contribution in [1.82, 2.24) is 4.57 Å². The summed E-state index contributed by atoms with van der Waals surface area (Å²) in [5.74, 6) is -0.253. The molecule has 0 radical (unpaired) electrons. The van der Waals surface area contributed by atoms with Gasteiger partial charge in [0, 0.05) is 29.9 Å². The van der Waals surface area contributed by atoms with Crippen molar-refractivity contribution in [3.05, 3.63) is 54.5 Å². The van der Waals surface area contributed by atoms with Crippen LogP contribution in [0, 0.1) is 5.82 Å². The predicted molar refractivity (Wildman–Crippen MR) is 81.5 cm³/mol. The molecule has 0 saturated carbocycles. The van der Waals surface area contributed by atoms with Gasteiger partial charge in [0.25, 0.3) is 0 Å². The number of carbonyl (C=O) groups is 1. The van der Waals surface area contributed by atoms with Crippen molar-refractivity contribution in [2.24, 2.45) is 12.8 Å². The van der Waals surface area contributed by atoms with Crippen LogP contribution in [0.3, 0.4) is 0 Å². The van der Waals surface area contributed by atoms with Crippen molar-refractivity contribution in [2.75, 3.05) is 5.32 Å². The minimum Gasteiger partial charge on any atom is -0.351 e. The lowest BCUT2D eigenvalue weighted by Gasteiger charge is -2.04. The van der Waals surface area contributed by atoms with Crippen molar-refractivity contribution in [3.63, 3.8) is 0 Å². The molecule has 2 aromatic carbocycles. The third kappa shape index (κ3) is 2.45. The zero-order chi connectivity index (χ0) is 15.0. The number of amides is 2. The second kappa shape index (κ2) is 4.94. The minimum absolute atomic E-state index is 0.253. The van der Waals surface area contributed by atoms with Gasteiger partial charge in [-0.05, 0) is 35.9 Å². The summed E-state index contributed by atoms with van der Waals surface area (Å²) in [6, 6.07) is 11.5. The molecule has 5 heteroatoms. The maximum absolute atomic E-state index is 13.3. The third-order valence-corrected chi connectivity index (χ3v) is 3.42. The lowest BCUT2D eigenvalue weighted by atomic mass is 10.0. The number of nitrogens with two attached hydrogens (primary N) is 1. The molecule has 3 aromatic rings. The monoisotopic (exact) mass is 283 g/mol. The summed E-state index contributed by atoms with van der Waals surface area (Å²) in [7, 11) is 1.88. The Hall–Kier alpha value is -2.82. The average Bonchev–Trinajstić information content (AvgIpc) is 2.76. The van der Waals surface area contributed by atoms with Gasteiger partial charge >= 0.3 is 6.03 Å². The number of primary amides is 1. The fourth-order valence-corrected chi connectivity index (χ4v) is 2.46. The Kier molecular flexibility index (Phi) is 3.10. The summed E-state index contributed by atoms with van der Waals surface area (Å²) in [4.78, 5) is 10.8. The number of urea groups is 1. The van der Waals surface area contributed by atoms with Gasteiger partial charge in [-0.25, -0.2) is 9.18 Å². The number of nitrogens with one attached hydrogen (secondary N) is 1. The van der Waals surface area contributed by atoms with Crippen LogP contribution < -0.4 is 11.1 Å². The first kappa shape index (κ1) is 13.2. The summed E-state index contributed by atoms with van der Waals surface area (Å²) in [5, 5.41) is 3.50. The van der Waals surface area contributed by atoms with E-state index in [1.54, 1.807) is 18.2 Å². The highest BCUT2D eigenvalue weighted by atomic mass is 19.1. The van der Waals surface area contributed by atoms with Crippen LogP contribution in [-0.4, -0.2) is 10.6 Å². The fraction of sp³-hybridized carbons (Fsp3) is 0.0625. The van der Waals surface area contributed by atoms with Gasteiger partial charge in [0.1, 0.15) is 5.82 Å². The number of halogens is 1. The van der Waals surface area contributed by atoms with Crippen LogP contribution in [0.4, 0.5) is 14.9 Å². The highest BCUT2D eigenvalue weighted by Crippen LogP contribution is 2.31. The van der Waals surface area contributed by atoms with Gasteiger partial charge in [-0.15, -0.1) is 0 Å². The molecule has 4 nitrogen and oxygen atoms in total. The zero-order valence-electron chi connectivity index (χ0n) is 11.4. The number of aromatic nitrogens is 1. The Morgan fingerprint density at radius 3 is 2.57 bits per heavy atom. The van der Waals surface area contributed by atoms with Crippen LogP contribution >= 0.6 is 0 Å². The zero-order valence-corrected chi connectivity index (χ0v) is 11.4. The molecule has 0 atom stereocenters. The molecule has 106 valence electrons. The quantitative estimate of drug-likeness (QED) is 0.743. The molecule has 0 bridgehead atoms. The van der Waals surface area contributed by atoms with Gasteiger partial charge in [-0.2, -0.15) is 0 Å². The van der Waals surface area contributed by atoms with Gasteiger partial charge in [-0.3, -0.25) is 0 Å². The van der Waals surface area contributed by atoms with Crippen LogP contribution in [0.1, 0.15) is 0 Å². The van der Waals surface area contributed by atoms with E-state index in [1.165, 1.54) is 12.1 Å². The molecular formula is C16H14FN3O. The first-order valence-corrected chi connectivity index (χ1v) is 6.46. The molecule has 0 saturated heterocycles. The van der Waals surface area contributed by atoms with Crippen LogP contribution in [-0.2, 0) is 7.05 Å². The second-order valence-corrected chi connectivity index (χ2v) is 4.88. The predicted octanol–water partition coefficient (Wildman–Crippen LogP) is 3.48. The maximum Gasteiger partial charge on any atom is 0.316 e. The average molecular weight is 283 g/mol. The molecule has 3 rings (SSSR count). The van der Waals surface area contributed by atoms with E-state index in [0.717, 1.165) is 22.0 Å². The van der Waals surface area contributed by atoms with Crippen LogP contribution in [0.5, 0.6) is 0 Å². The van der Waals surface area contributed by atoms with E-state index in [1.807, 2.05) is 29.9 Å². The Morgan fingerprint density at radius 2 is 1.90 bits per heavy atom. The molecule has 0 unspecified atom stereocenters. The van der Waals surface area contributed by atoms with Crippen LogP contribution in [0.2, 0.25) is 0 Å². The van der Waals surface area contributed by atoms with Gasteiger partial charge in [0.15, 0.2) is 0 Å². The summed E-state index contributed by atoms with van der Waals surface area (Å²) >= 11 is 0. The maximum atomic E-state index is 13.3. The van der Waals surface area contributed by atoms with Gasteiger partial charge in [-0.1, -0.05) is 12.1 Å². The molecule has 0 aliphatic carbocycles. The smallest absolute Gasteiger partial charge is 0.316 e. The highest BCUT2D eigenvalue weighted by Gasteiger charge is 2.09. The molecule has 0 fully saturated rings.